The number of aryl methyl sites for hydroxylation is 1. The summed E-state index contributed by atoms with van der Waals surface area (Å²) in [7, 11) is -2.13. The lowest BCUT2D eigenvalue weighted by Gasteiger charge is -2.20. The predicted octanol–water partition coefficient (Wildman–Crippen LogP) is 4.32. The van der Waals surface area contributed by atoms with E-state index in [0.29, 0.717) is 17.7 Å². The van der Waals surface area contributed by atoms with Gasteiger partial charge < -0.3 is 14.2 Å². The maximum Gasteiger partial charge on any atom is 0.241 e. The molecule has 8 heteroatoms. The average Bonchev–Trinajstić information content (AvgIpc) is 2.73. The molecule has 2 rings (SSSR count). The van der Waals surface area contributed by atoms with Crippen molar-refractivity contribution >= 4 is 26.0 Å². The number of rotatable bonds is 12. The summed E-state index contributed by atoms with van der Waals surface area (Å²) >= 11 is 3.55. The molecule has 0 spiro atoms. The van der Waals surface area contributed by atoms with Crippen molar-refractivity contribution in [2.45, 2.75) is 30.9 Å². The molecule has 0 heterocycles. The molecule has 0 aliphatic heterocycles. The molecule has 0 unspecified atom stereocenters. The zero-order chi connectivity index (χ0) is 22.0. The minimum atomic E-state index is -3.73. The Morgan fingerprint density at radius 3 is 2.40 bits per heavy atom. The Labute approximate surface area is 187 Å². The van der Waals surface area contributed by atoms with Crippen molar-refractivity contribution in [2.75, 3.05) is 27.1 Å². The first kappa shape index (κ1) is 24.7. The van der Waals surface area contributed by atoms with Crippen LogP contribution in [0.25, 0.3) is 0 Å². The fourth-order valence-corrected chi connectivity index (χ4v) is 4.70. The van der Waals surface area contributed by atoms with Gasteiger partial charge in [-0.2, -0.15) is 4.72 Å². The summed E-state index contributed by atoms with van der Waals surface area (Å²) in [5.41, 5.74) is 1.80. The Kier molecular flexibility index (Phi) is 10.2. The van der Waals surface area contributed by atoms with Gasteiger partial charge in [-0.05, 0) is 37.6 Å². The van der Waals surface area contributed by atoms with E-state index in [1.165, 1.54) is 0 Å². The quantitative estimate of drug-likeness (QED) is 0.349. The van der Waals surface area contributed by atoms with Gasteiger partial charge >= 0.3 is 0 Å². The van der Waals surface area contributed by atoms with Crippen molar-refractivity contribution in [2.24, 2.45) is 0 Å². The molecule has 0 amide bonds. The number of ether oxygens (including phenoxy) is 3. The fraction of sp³-hybridized carbons (Fsp3) is 0.364. The third-order valence-electron chi connectivity index (χ3n) is 4.25. The number of hydrogen-bond acceptors (Lipinski definition) is 5. The van der Waals surface area contributed by atoms with Gasteiger partial charge in [-0.1, -0.05) is 64.0 Å². The number of hydrogen-bond donors (Lipinski definition) is 1. The van der Waals surface area contributed by atoms with Gasteiger partial charge in [-0.3, -0.25) is 0 Å². The Morgan fingerprint density at radius 1 is 1.10 bits per heavy atom. The van der Waals surface area contributed by atoms with Crippen molar-refractivity contribution in [3.63, 3.8) is 0 Å². The van der Waals surface area contributed by atoms with E-state index >= 15 is 0 Å². The number of methoxy groups -OCH3 is 1. The lowest BCUT2D eigenvalue weighted by molar-refractivity contribution is -0.0804. The first-order valence-corrected chi connectivity index (χ1v) is 11.8. The number of benzene rings is 2. The summed E-state index contributed by atoms with van der Waals surface area (Å²) in [4.78, 5) is 0.213. The Morgan fingerprint density at radius 2 is 1.77 bits per heavy atom. The highest BCUT2D eigenvalue weighted by molar-refractivity contribution is 9.11. The zero-order valence-electron chi connectivity index (χ0n) is 17.4. The summed E-state index contributed by atoms with van der Waals surface area (Å²) in [5, 5.41) is 0. The molecule has 6 nitrogen and oxygen atoms in total. The number of sulfonamides is 1. The van der Waals surface area contributed by atoms with Gasteiger partial charge in [0.1, 0.15) is 6.79 Å². The SMILES string of the molecule is COCCOCO[C@@H](C)/C=C(/Br)[C@H](NS(=O)(=O)c1ccc(C)cc1)c1ccccc1. The van der Waals surface area contributed by atoms with Crippen molar-refractivity contribution in [1.29, 1.82) is 0 Å². The molecule has 2 aromatic carbocycles. The van der Waals surface area contributed by atoms with Crippen LogP contribution in [-0.2, 0) is 24.2 Å². The normalized spacial score (nSPS) is 14.5. The Hall–Kier alpha value is -1.55. The van der Waals surface area contributed by atoms with Crippen molar-refractivity contribution in [1.82, 2.24) is 4.72 Å². The second-order valence-corrected chi connectivity index (χ2v) is 9.35. The van der Waals surface area contributed by atoms with Crippen LogP contribution in [0.1, 0.15) is 24.1 Å². The molecule has 0 bridgehead atoms. The summed E-state index contributed by atoms with van der Waals surface area (Å²) in [6, 6.07) is 15.5. The lowest BCUT2D eigenvalue weighted by Crippen LogP contribution is -2.29. The van der Waals surface area contributed by atoms with E-state index < -0.39 is 16.1 Å². The molecule has 164 valence electrons. The van der Waals surface area contributed by atoms with Gasteiger partial charge in [0.2, 0.25) is 10.0 Å². The molecule has 0 aliphatic carbocycles. The van der Waals surface area contributed by atoms with E-state index in [4.69, 9.17) is 14.2 Å². The molecule has 2 aromatic rings. The number of nitrogens with one attached hydrogen (secondary N) is 1. The standard InChI is InChI=1S/C22H28BrNO5S/c1-17-9-11-20(12-10-17)30(25,26)24-22(19-7-5-4-6-8-19)21(23)15-18(2)29-16-28-14-13-27-3/h4-12,15,18,22,24H,13-14,16H2,1-3H3/b21-15+/t18-,22+/m0/s1. The second-order valence-electron chi connectivity index (χ2n) is 6.72. The highest BCUT2D eigenvalue weighted by Gasteiger charge is 2.24. The van der Waals surface area contributed by atoms with Crippen LogP contribution < -0.4 is 4.72 Å². The van der Waals surface area contributed by atoms with Gasteiger partial charge in [-0.25, -0.2) is 8.42 Å². The molecular weight excluding hydrogens is 470 g/mol. The van der Waals surface area contributed by atoms with Crippen molar-refractivity contribution in [3.05, 3.63) is 76.3 Å². The molecule has 1 N–H and O–H groups in total. The van der Waals surface area contributed by atoms with E-state index in [9.17, 15) is 8.42 Å². The van der Waals surface area contributed by atoms with Gasteiger partial charge in [-0.15, -0.1) is 0 Å². The van der Waals surface area contributed by atoms with Crippen LogP contribution in [0.4, 0.5) is 0 Å². The van der Waals surface area contributed by atoms with Gasteiger partial charge in [0.25, 0.3) is 0 Å². The first-order valence-electron chi connectivity index (χ1n) is 9.53. The molecule has 0 aromatic heterocycles. The smallest absolute Gasteiger partial charge is 0.241 e. The molecule has 30 heavy (non-hydrogen) atoms. The average molecular weight is 498 g/mol. The zero-order valence-corrected chi connectivity index (χ0v) is 19.8. The molecule has 2 atom stereocenters. The summed E-state index contributed by atoms with van der Waals surface area (Å²) in [6.45, 7) is 4.82. The van der Waals surface area contributed by atoms with Gasteiger partial charge in [0, 0.05) is 11.6 Å². The fourth-order valence-electron chi connectivity index (χ4n) is 2.59. The highest BCUT2D eigenvalue weighted by Crippen LogP contribution is 2.29. The third kappa shape index (κ3) is 7.94. The first-order chi connectivity index (χ1) is 14.3. The monoisotopic (exact) mass is 497 g/mol. The predicted molar refractivity (Wildman–Crippen MR) is 121 cm³/mol. The van der Waals surface area contributed by atoms with Crippen LogP contribution in [0, 0.1) is 6.92 Å². The number of halogens is 1. The van der Waals surface area contributed by atoms with Crippen LogP contribution in [0.15, 0.2) is 70.1 Å². The molecule has 0 radical (unpaired) electrons. The maximum atomic E-state index is 13.0. The van der Waals surface area contributed by atoms with E-state index in [1.807, 2.05) is 50.3 Å². The lowest BCUT2D eigenvalue weighted by atomic mass is 10.1. The summed E-state index contributed by atoms with van der Waals surface area (Å²) in [5.74, 6) is 0. The summed E-state index contributed by atoms with van der Waals surface area (Å²) < 4.78 is 45.2. The van der Waals surface area contributed by atoms with Crippen LogP contribution in [-0.4, -0.2) is 41.6 Å². The second kappa shape index (κ2) is 12.3. The minimum absolute atomic E-state index is 0.117. The summed E-state index contributed by atoms with van der Waals surface area (Å²) in [6.07, 6.45) is 1.52. The minimum Gasteiger partial charge on any atom is -0.382 e. The molecule has 0 saturated carbocycles. The molecular formula is C22H28BrNO5S. The molecule has 0 aliphatic rings. The third-order valence-corrected chi connectivity index (χ3v) is 6.41. The van der Waals surface area contributed by atoms with Crippen molar-refractivity contribution in [3.8, 4) is 0 Å². The Balaban J connectivity index is 2.18. The van der Waals surface area contributed by atoms with E-state index in [-0.39, 0.29) is 17.8 Å². The van der Waals surface area contributed by atoms with Crippen molar-refractivity contribution < 1.29 is 22.6 Å². The largest absolute Gasteiger partial charge is 0.382 e. The van der Waals surface area contributed by atoms with E-state index in [2.05, 4.69) is 20.7 Å². The van der Waals surface area contributed by atoms with E-state index in [0.717, 1.165) is 11.1 Å². The van der Waals surface area contributed by atoms with Crippen LogP contribution in [0.3, 0.4) is 0 Å². The van der Waals surface area contributed by atoms with Gasteiger partial charge in [0.05, 0.1) is 30.3 Å². The highest BCUT2D eigenvalue weighted by atomic mass is 79.9. The molecule has 0 saturated heterocycles. The van der Waals surface area contributed by atoms with Crippen LogP contribution >= 0.6 is 15.9 Å². The van der Waals surface area contributed by atoms with E-state index in [1.54, 1.807) is 31.4 Å². The molecule has 0 fully saturated rings. The van der Waals surface area contributed by atoms with Gasteiger partial charge in [0.15, 0.2) is 0 Å². The topological polar surface area (TPSA) is 73.9 Å². The van der Waals surface area contributed by atoms with Crippen LogP contribution in [0.5, 0.6) is 0 Å². The van der Waals surface area contributed by atoms with Crippen LogP contribution in [0.2, 0.25) is 0 Å². The maximum absolute atomic E-state index is 13.0. The Bertz CT molecular complexity index is 901.